The molecule has 2 heterocycles. The molecule has 1 aromatic heterocycles. The molecule has 0 atom stereocenters. The fourth-order valence-corrected chi connectivity index (χ4v) is 3.76. The van der Waals surface area contributed by atoms with Crippen LogP contribution >= 0.6 is 12.2 Å². The summed E-state index contributed by atoms with van der Waals surface area (Å²) in [4.78, 5) is 26.9. The molecular weight excluding hydrogens is 410 g/mol. The first-order chi connectivity index (χ1) is 14.9. The summed E-state index contributed by atoms with van der Waals surface area (Å²) in [6.45, 7) is 5.86. The fourth-order valence-electron chi connectivity index (χ4n) is 3.51. The molecule has 0 unspecified atom stereocenters. The van der Waals surface area contributed by atoms with Gasteiger partial charge in [-0.2, -0.15) is 0 Å². The Bertz CT molecular complexity index is 1260. The summed E-state index contributed by atoms with van der Waals surface area (Å²) in [5.74, 6) is 0.180. The summed E-state index contributed by atoms with van der Waals surface area (Å²) in [6.07, 6.45) is 3.13. The van der Waals surface area contributed by atoms with E-state index in [2.05, 4.69) is 11.9 Å². The quantitative estimate of drug-likeness (QED) is 0.286. The van der Waals surface area contributed by atoms with Gasteiger partial charge >= 0.3 is 0 Å². The maximum Gasteiger partial charge on any atom is 0.265 e. The number of carbonyl (C=O) groups is 2. The Balaban J connectivity index is 1.87. The van der Waals surface area contributed by atoms with Crippen molar-refractivity contribution in [1.82, 2.24) is 14.8 Å². The van der Waals surface area contributed by atoms with Gasteiger partial charge in [-0.15, -0.1) is 6.58 Å². The standard InChI is InChI=1S/C24H21N3O3S/c1-4-13-27-22(29)19(21(28)25-24(27)31)14-18-17-7-5-6-8-20(17)26(3)23(18)30-16-11-9-15(2)10-12-16/h4-12,14H,1,13H2,2-3H3,(H,25,28,31)/b19-14-. The van der Waals surface area contributed by atoms with Crippen LogP contribution < -0.4 is 10.1 Å². The van der Waals surface area contributed by atoms with Gasteiger partial charge < -0.3 is 9.30 Å². The lowest BCUT2D eigenvalue weighted by Crippen LogP contribution is -2.53. The highest BCUT2D eigenvalue weighted by atomic mass is 32.1. The van der Waals surface area contributed by atoms with Crippen molar-refractivity contribution in [2.75, 3.05) is 6.54 Å². The maximum absolute atomic E-state index is 13.0. The van der Waals surface area contributed by atoms with Gasteiger partial charge in [0, 0.05) is 24.5 Å². The molecule has 1 aliphatic rings. The second-order valence-corrected chi connectivity index (χ2v) is 7.62. The molecule has 0 spiro atoms. The number of nitrogens with zero attached hydrogens (tertiary/aromatic N) is 2. The number of hydrogen-bond donors (Lipinski definition) is 1. The lowest BCUT2D eigenvalue weighted by Gasteiger charge is -2.27. The lowest BCUT2D eigenvalue weighted by atomic mass is 10.1. The van der Waals surface area contributed by atoms with Gasteiger partial charge in [0.15, 0.2) is 5.11 Å². The first-order valence-electron chi connectivity index (χ1n) is 9.72. The van der Waals surface area contributed by atoms with E-state index in [9.17, 15) is 9.59 Å². The molecule has 3 aromatic rings. The van der Waals surface area contributed by atoms with Crippen LogP contribution in [0, 0.1) is 6.92 Å². The van der Waals surface area contributed by atoms with Crippen molar-refractivity contribution in [3.8, 4) is 11.6 Å². The molecule has 2 amide bonds. The van der Waals surface area contributed by atoms with Crippen LogP contribution in [0.25, 0.3) is 17.0 Å². The molecular formula is C24H21N3O3S. The van der Waals surface area contributed by atoms with E-state index in [1.54, 1.807) is 12.2 Å². The highest BCUT2D eigenvalue weighted by Crippen LogP contribution is 2.36. The van der Waals surface area contributed by atoms with Crippen molar-refractivity contribution in [3.63, 3.8) is 0 Å². The van der Waals surface area contributed by atoms with Crippen molar-refractivity contribution >= 4 is 46.1 Å². The van der Waals surface area contributed by atoms with Crippen molar-refractivity contribution < 1.29 is 14.3 Å². The summed E-state index contributed by atoms with van der Waals surface area (Å²) in [6, 6.07) is 15.4. The predicted molar refractivity (Wildman–Crippen MR) is 125 cm³/mol. The van der Waals surface area contributed by atoms with Crippen LogP contribution in [0.2, 0.25) is 0 Å². The number of amides is 2. The summed E-state index contributed by atoms with van der Waals surface area (Å²) >= 11 is 5.14. The van der Waals surface area contributed by atoms with Gasteiger partial charge in [-0.3, -0.25) is 19.8 Å². The van der Waals surface area contributed by atoms with Crippen LogP contribution in [-0.2, 0) is 16.6 Å². The van der Waals surface area contributed by atoms with E-state index in [0.29, 0.717) is 17.2 Å². The summed E-state index contributed by atoms with van der Waals surface area (Å²) in [7, 11) is 1.88. The van der Waals surface area contributed by atoms with Gasteiger partial charge in [0.25, 0.3) is 11.8 Å². The average Bonchev–Trinajstić information content (AvgIpc) is 3.01. The third kappa shape index (κ3) is 3.75. The molecule has 7 heteroatoms. The van der Waals surface area contributed by atoms with Gasteiger partial charge in [-0.25, -0.2) is 0 Å². The molecule has 0 bridgehead atoms. The number of benzene rings is 2. The molecule has 1 N–H and O–H groups in total. The first-order valence-corrected chi connectivity index (χ1v) is 10.1. The van der Waals surface area contributed by atoms with Gasteiger partial charge in [-0.05, 0) is 43.4 Å². The molecule has 4 rings (SSSR count). The number of aryl methyl sites for hydroxylation is 2. The summed E-state index contributed by atoms with van der Waals surface area (Å²) < 4.78 is 8.11. The van der Waals surface area contributed by atoms with Crippen molar-refractivity contribution in [2.45, 2.75) is 6.92 Å². The number of thiocarbonyl (C=S) groups is 1. The van der Waals surface area contributed by atoms with Crippen molar-refractivity contribution in [1.29, 1.82) is 0 Å². The molecule has 1 saturated heterocycles. The van der Waals surface area contributed by atoms with Gasteiger partial charge in [-0.1, -0.05) is 42.0 Å². The van der Waals surface area contributed by atoms with Gasteiger partial charge in [0.05, 0.1) is 5.52 Å². The number of aromatic nitrogens is 1. The molecule has 0 aliphatic carbocycles. The zero-order valence-electron chi connectivity index (χ0n) is 17.2. The molecule has 0 radical (unpaired) electrons. The molecule has 31 heavy (non-hydrogen) atoms. The molecule has 2 aromatic carbocycles. The number of nitrogens with one attached hydrogen (secondary N) is 1. The number of rotatable bonds is 5. The van der Waals surface area contributed by atoms with E-state index in [-0.39, 0.29) is 17.2 Å². The number of para-hydroxylation sites is 1. The molecule has 6 nitrogen and oxygen atoms in total. The third-order valence-corrected chi connectivity index (χ3v) is 5.43. The lowest BCUT2D eigenvalue weighted by molar-refractivity contribution is -0.128. The topological polar surface area (TPSA) is 63.6 Å². The minimum absolute atomic E-state index is 0.0134. The Hall–Kier alpha value is -3.71. The molecule has 156 valence electrons. The van der Waals surface area contributed by atoms with E-state index in [4.69, 9.17) is 17.0 Å². The Labute approximate surface area is 185 Å². The third-order valence-electron chi connectivity index (χ3n) is 5.11. The SMILES string of the molecule is C=CCN1C(=O)/C(=C\c2c(Oc3ccc(C)cc3)n(C)c3ccccc23)C(=O)NC1=S. The summed E-state index contributed by atoms with van der Waals surface area (Å²) in [5.41, 5.74) is 2.66. The Morgan fingerprint density at radius 2 is 1.84 bits per heavy atom. The molecule has 1 aliphatic heterocycles. The van der Waals surface area contributed by atoms with E-state index in [1.165, 1.54) is 4.90 Å². The van der Waals surface area contributed by atoms with Crippen LogP contribution in [0.3, 0.4) is 0 Å². The average molecular weight is 432 g/mol. The van der Waals surface area contributed by atoms with Gasteiger partial charge in [0.2, 0.25) is 5.88 Å². The number of carbonyl (C=O) groups excluding carboxylic acids is 2. The van der Waals surface area contributed by atoms with Crippen molar-refractivity contribution in [2.24, 2.45) is 7.05 Å². The number of ether oxygens (including phenoxy) is 1. The van der Waals surface area contributed by atoms with E-state index < -0.39 is 11.8 Å². The van der Waals surface area contributed by atoms with Crippen LogP contribution in [0.5, 0.6) is 11.6 Å². The number of hydrogen-bond acceptors (Lipinski definition) is 4. The minimum Gasteiger partial charge on any atom is -0.440 e. The highest BCUT2D eigenvalue weighted by molar-refractivity contribution is 7.80. The second-order valence-electron chi connectivity index (χ2n) is 7.23. The maximum atomic E-state index is 13.0. The Morgan fingerprint density at radius 1 is 1.13 bits per heavy atom. The number of fused-ring (bicyclic) bond motifs is 1. The van der Waals surface area contributed by atoms with Crippen LogP contribution in [0.1, 0.15) is 11.1 Å². The largest absolute Gasteiger partial charge is 0.440 e. The van der Waals surface area contributed by atoms with Crippen LogP contribution in [-0.4, -0.2) is 32.9 Å². The molecule has 0 saturated carbocycles. The van der Waals surface area contributed by atoms with Crippen LogP contribution in [0.4, 0.5) is 0 Å². The van der Waals surface area contributed by atoms with E-state index in [1.807, 2.05) is 67.1 Å². The second kappa shape index (κ2) is 8.20. The van der Waals surface area contributed by atoms with Gasteiger partial charge in [0.1, 0.15) is 11.3 Å². The van der Waals surface area contributed by atoms with Crippen molar-refractivity contribution in [3.05, 3.63) is 77.9 Å². The van der Waals surface area contributed by atoms with E-state index >= 15 is 0 Å². The molecule has 1 fully saturated rings. The first kappa shape index (κ1) is 20.6. The normalized spacial score (nSPS) is 15.5. The Kier molecular flexibility index (Phi) is 5.44. The Morgan fingerprint density at radius 3 is 2.55 bits per heavy atom. The van der Waals surface area contributed by atoms with E-state index in [0.717, 1.165) is 16.5 Å². The van der Waals surface area contributed by atoms with Crippen LogP contribution in [0.15, 0.2) is 66.8 Å². The fraction of sp³-hybridized carbons (Fsp3) is 0.125. The zero-order chi connectivity index (χ0) is 22.1. The predicted octanol–water partition coefficient (Wildman–Crippen LogP) is 4.09. The summed E-state index contributed by atoms with van der Waals surface area (Å²) in [5, 5.41) is 3.51. The highest BCUT2D eigenvalue weighted by Gasteiger charge is 2.33. The minimum atomic E-state index is -0.537. The smallest absolute Gasteiger partial charge is 0.265 e. The monoisotopic (exact) mass is 431 g/mol. The zero-order valence-corrected chi connectivity index (χ0v) is 18.0.